The largest absolute Gasteiger partial charge is 0.493 e. The number of aryl methyl sites for hydroxylation is 2. The van der Waals surface area contributed by atoms with Crippen LogP contribution in [0.5, 0.6) is 11.5 Å². The number of hydrogen-bond acceptors (Lipinski definition) is 6. The summed E-state index contributed by atoms with van der Waals surface area (Å²) in [4.78, 5) is 29.6. The number of para-hydroxylation sites is 1. The zero-order valence-electron chi connectivity index (χ0n) is 18.2. The van der Waals surface area contributed by atoms with E-state index in [1.165, 1.54) is 0 Å². The maximum absolute atomic E-state index is 12.7. The molecule has 0 fully saturated rings. The number of amides is 1. The van der Waals surface area contributed by atoms with Crippen molar-refractivity contribution in [3.8, 4) is 11.5 Å². The number of hydrogen-bond donors (Lipinski definition) is 1. The van der Waals surface area contributed by atoms with Crippen LogP contribution in [-0.2, 0) is 22.5 Å². The van der Waals surface area contributed by atoms with Gasteiger partial charge in [0.05, 0.1) is 31.0 Å². The van der Waals surface area contributed by atoms with Gasteiger partial charge in [-0.2, -0.15) is 0 Å². The molecule has 0 saturated carbocycles. The van der Waals surface area contributed by atoms with E-state index < -0.39 is 11.9 Å². The quantitative estimate of drug-likeness (QED) is 0.558. The number of carbonyl (C=O) groups is 2. The summed E-state index contributed by atoms with van der Waals surface area (Å²) < 4.78 is 15.8. The number of nitrogens with one attached hydrogen (secondary N) is 1. The van der Waals surface area contributed by atoms with Gasteiger partial charge in [-0.15, -0.1) is 0 Å². The number of carbonyl (C=O) groups excluding carboxylic acids is 2. The molecule has 3 rings (SSSR count). The van der Waals surface area contributed by atoms with Crippen molar-refractivity contribution < 1.29 is 23.8 Å². The lowest BCUT2D eigenvalue weighted by atomic mass is 10.0. The van der Waals surface area contributed by atoms with Gasteiger partial charge in [0.25, 0.3) is 5.91 Å². The molecule has 0 spiro atoms. The molecule has 0 atom stereocenters. The topological polar surface area (TPSA) is 86.8 Å². The number of methoxy groups -OCH3 is 2. The van der Waals surface area contributed by atoms with Crippen LogP contribution in [0.4, 0.5) is 0 Å². The average molecular weight is 422 g/mol. The van der Waals surface area contributed by atoms with E-state index >= 15 is 0 Å². The summed E-state index contributed by atoms with van der Waals surface area (Å²) in [6.45, 7) is 3.70. The van der Waals surface area contributed by atoms with Crippen LogP contribution < -0.4 is 14.8 Å². The monoisotopic (exact) mass is 422 g/mol. The van der Waals surface area contributed by atoms with Crippen LogP contribution >= 0.6 is 0 Å². The summed E-state index contributed by atoms with van der Waals surface area (Å²) in [5.41, 5.74) is 3.56. The van der Waals surface area contributed by atoms with Gasteiger partial charge in [0, 0.05) is 11.9 Å². The van der Waals surface area contributed by atoms with Crippen molar-refractivity contribution in [1.29, 1.82) is 0 Å². The highest BCUT2D eigenvalue weighted by atomic mass is 16.5. The molecule has 1 amide bonds. The SMILES string of the molecule is CCc1nc2ccccc2c(C)c1C(=O)OCC(=O)NCc1ccc(OC)c(OC)c1. The molecule has 1 N–H and O–H groups in total. The van der Waals surface area contributed by atoms with Crippen LogP contribution in [0, 0.1) is 6.92 Å². The Kier molecular flexibility index (Phi) is 7.07. The number of fused-ring (bicyclic) bond motifs is 1. The molecule has 0 radical (unpaired) electrons. The van der Waals surface area contributed by atoms with Crippen LogP contribution in [0.25, 0.3) is 10.9 Å². The van der Waals surface area contributed by atoms with Gasteiger partial charge in [0.1, 0.15) is 0 Å². The van der Waals surface area contributed by atoms with Crippen LogP contribution in [0.3, 0.4) is 0 Å². The van der Waals surface area contributed by atoms with Gasteiger partial charge in [0.15, 0.2) is 18.1 Å². The van der Waals surface area contributed by atoms with E-state index in [0.29, 0.717) is 29.2 Å². The fraction of sp³-hybridized carbons (Fsp3) is 0.292. The lowest BCUT2D eigenvalue weighted by Gasteiger charge is -2.13. The standard InChI is InChI=1S/C24H26N2O5/c1-5-18-23(15(2)17-8-6-7-9-19(17)26-18)24(28)31-14-22(27)25-13-16-10-11-20(29-3)21(12-16)30-4/h6-12H,5,13-14H2,1-4H3,(H,25,27). The second kappa shape index (κ2) is 9.93. The Balaban J connectivity index is 1.64. The molecule has 7 heteroatoms. The van der Waals surface area contributed by atoms with Crippen LogP contribution in [-0.4, -0.2) is 37.7 Å². The van der Waals surface area contributed by atoms with Crippen LogP contribution in [0.15, 0.2) is 42.5 Å². The fourth-order valence-corrected chi connectivity index (χ4v) is 3.41. The molecular formula is C24H26N2O5. The van der Waals surface area contributed by atoms with E-state index in [1.807, 2.05) is 44.2 Å². The second-order valence-corrected chi connectivity index (χ2v) is 6.97. The first-order chi connectivity index (χ1) is 15.0. The normalized spacial score (nSPS) is 10.6. The van der Waals surface area contributed by atoms with Crippen molar-refractivity contribution in [3.63, 3.8) is 0 Å². The van der Waals surface area contributed by atoms with E-state index in [9.17, 15) is 9.59 Å². The van der Waals surface area contributed by atoms with Crippen molar-refractivity contribution in [2.24, 2.45) is 0 Å². The minimum atomic E-state index is -0.547. The van der Waals surface area contributed by atoms with Crippen molar-refractivity contribution in [1.82, 2.24) is 10.3 Å². The Bertz CT molecular complexity index is 1110. The summed E-state index contributed by atoms with van der Waals surface area (Å²) in [5, 5.41) is 3.63. The lowest BCUT2D eigenvalue weighted by Crippen LogP contribution is -2.28. The Morgan fingerprint density at radius 1 is 1.03 bits per heavy atom. The Hall–Kier alpha value is -3.61. The molecule has 162 valence electrons. The van der Waals surface area contributed by atoms with Crippen LogP contribution in [0.1, 0.15) is 34.1 Å². The van der Waals surface area contributed by atoms with Crippen LogP contribution in [0.2, 0.25) is 0 Å². The zero-order valence-corrected chi connectivity index (χ0v) is 18.2. The highest BCUT2D eigenvalue weighted by molar-refractivity contribution is 5.99. The van der Waals surface area contributed by atoms with E-state index in [0.717, 1.165) is 22.0 Å². The van der Waals surface area contributed by atoms with Gasteiger partial charge in [0.2, 0.25) is 0 Å². The van der Waals surface area contributed by atoms with Crippen molar-refractivity contribution in [3.05, 3.63) is 64.8 Å². The van der Waals surface area contributed by atoms with Gasteiger partial charge >= 0.3 is 5.97 Å². The summed E-state index contributed by atoms with van der Waals surface area (Å²) in [6.07, 6.45) is 0.585. The van der Waals surface area contributed by atoms with E-state index in [1.54, 1.807) is 26.4 Å². The second-order valence-electron chi connectivity index (χ2n) is 6.97. The molecule has 0 aliphatic rings. The Morgan fingerprint density at radius 2 is 1.77 bits per heavy atom. The maximum atomic E-state index is 12.7. The van der Waals surface area contributed by atoms with Gasteiger partial charge in [-0.3, -0.25) is 9.78 Å². The van der Waals surface area contributed by atoms with Gasteiger partial charge in [-0.25, -0.2) is 4.79 Å². The third-order valence-electron chi connectivity index (χ3n) is 5.04. The number of pyridine rings is 1. The molecule has 1 heterocycles. The smallest absolute Gasteiger partial charge is 0.340 e. The molecule has 31 heavy (non-hydrogen) atoms. The first kappa shape index (κ1) is 22.1. The average Bonchev–Trinajstić information content (AvgIpc) is 2.80. The zero-order chi connectivity index (χ0) is 22.4. The number of ether oxygens (including phenoxy) is 3. The summed E-state index contributed by atoms with van der Waals surface area (Å²) in [5.74, 6) is 0.242. The first-order valence-electron chi connectivity index (χ1n) is 10.0. The number of benzene rings is 2. The molecule has 1 aromatic heterocycles. The van der Waals surface area contributed by atoms with Gasteiger partial charge in [-0.05, 0) is 42.7 Å². The minimum absolute atomic E-state index is 0.271. The first-order valence-corrected chi connectivity index (χ1v) is 10.0. The van der Waals surface area contributed by atoms with Crippen molar-refractivity contribution >= 4 is 22.8 Å². The summed E-state index contributed by atoms with van der Waals surface area (Å²) in [7, 11) is 3.11. The molecule has 0 aliphatic carbocycles. The minimum Gasteiger partial charge on any atom is -0.493 e. The lowest BCUT2D eigenvalue weighted by molar-refractivity contribution is -0.124. The molecule has 7 nitrogen and oxygen atoms in total. The third kappa shape index (κ3) is 4.94. The van der Waals surface area contributed by atoms with Gasteiger partial charge < -0.3 is 19.5 Å². The fourth-order valence-electron chi connectivity index (χ4n) is 3.41. The van der Waals surface area contributed by atoms with E-state index in [4.69, 9.17) is 14.2 Å². The molecule has 0 unspecified atom stereocenters. The van der Waals surface area contributed by atoms with E-state index in [-0.39, 0.29) is 13.2 Å². The Morgan fingerprint density at radius 3 is 2.48 bits per heavy atom. The Labute approximate surface area is 181 Å². The number of nitrogens with zero attached hydrogens (tertiary/aromatic N) is 1. The van der Waals surface area contributed by atoms with Gasteiger partial charge in [-0.1, -0.05) is 31.2 Å². The molecular weight excluding hydrogens is 396 g/mol. The van der Waals surface area contributed by atoms with Crippen molar-refractivity contribution in [2.45, 2.75) is 26.8 Å². The summed E-state index contributed by atoms with van der Waals surface area (Å²) in [6, 6.07) is 13.0. The number of rotatable bonds is 8. The molecule has 0 aliphatic heterocycles. The predicted octanol–water partition coefficient (Wildman–Crippen LogP) is 3.60. The highest BCUT2D eigenvalue weighted by Gasteiger charge is 2.20. The van der Waals surface area contributed by atoms with Crippen molar-refractivity contribution in [2.75, 3.05) is 20.8 Å². The highest BCUT2D eigenvalue weighted by Crippen LogP contribution is 2.27. The third-order valence-corrected chi connectivity index (χ3v) is 5.04. The van der Waals surface area contributed by atoms with E-state index in [2.05, 4.69) is 10.3 Å². The maximum Gasteiger partial charge on any atom is 0.340 e. The molecule has 2 aromatic carbocycles. The predicted molar refractivity (Wildman–Crippen MR) is 118 cm³/mol. The number of esters is 1. The molecule has 3 aromatic rings. The number of aromatic nitrogens is 1. The molecule has 0 saturated heterocycles. The summed E-state index contributed by atoms with van der Waals surface area (Å²) >= 11 is 0. The molecule has 0 bridgehead atoms.